The summed E-state index contributed by atoms with van der Waals surface area (Å²) in [5.41, 5.74) is 1.18. The molecular formula is C25H16O5. The van der Waals surface area contributed by atoms with Gasteiger partial charge in [0.25, 0.3) is 0 Å². The molecule has 1 aliphatic carbocycles. The van der Waals surface area contributed by atoms with Crippen LogP contribution in [0.3, 0.4) is 0 Å². The molecule has 0 unspecified atom stereocenters. The van der Waals surface area contributed by atoms with Crippen molar-refractivity contribution in [3.8, 4) is 17.2 Å². The number of carbonyl (C=O) groups is 2. The van der Waals surface area contributed by atoms with E-state index in [9.17, 15) is 14.7 Å². The molecule has 3 aliphatic rings. The van der Waals surface area contributed by atoms with Gasteiger partial charge in [0.15, 0.2) is 23.0 Å². The first-order chi connectivity index (χ1) is 14.4. The van der Waals surface area contributed by atoms with Gasteiger partial charge in [0.05, 0.1) is 11.1 Å². The van der Waals surface area contributed by atoms with Gasteiger partial charge in [0.1, 0.15) is 11.4 Å². The number of aromatic hydroxyl groups is 1. The molecule has 2 heterocycles. The van der Waals surface area contributed by atoms with Crippen LogP contribution in [-0.2, 0) is 0 Å². The highest BCUT2D eigenvalue weighted by molar-refractivity contribution is 6.33. The zero-order valence-electron chi connectivity index (χ0n) is 16.3. The maximum atomic E-state index is 13.4. The Kier molecular flexibility index (Phi) is 3.06. The number of hydrogen-bond acceptors (Lipinski definition) is 5. The van der Waals surface area contributed by atoms with Crippen LogP contribution in [0.4, 0.5) is 0 Å². The van der Waals surface area contributed by atoms with E-state index in [0.29, 0.717) is 38.8 Å². The minimum atomic E-state index is -0.796. The molecule has 0 atom stereocenters. The van der Waals surface area contributed by atoms with Crippen LogP contribution in [0.5, 0.6) is 17.2 Å². The van der Waals surface area contributed by atoms with Crippen molar-refractivity contribution < 1.29 is 24.2 Å². The van der Waals surface area contributed by atoms with Crippen molar-refractivity contribution in [2.24, 2.45) is 0 Å². The molecule has 3 aromatic carbocycles. The zero-order valence-corrected chi connectivity index (χ0v) is 16.3. The average molecular weight is 396 g/mol. The minimum absolute atomic E-state index is 0.00865. The van der Waals surface area contributed by atoms with Crippen LogP contribution in [0.25, 0.3) is 16.3 Å². The van der Waals surface area contributed by atoms with Gasteiger partial charge in [-0.2, -0.15) is 0 Å². The number of fused-ring (bicyclic) bond motifs is 4. The van der Waals surface area contributed by atoms with Crippen molar-refractivity contribution in [3.63, 3.8) is 0 Å². The second-order valence-electron chi connectivity index (χ2n) is 8.20. The van der Waals surface area contributed by atoms with Crippen LogP contribution >= 0.6 is 0 Å². The van der Waals surface area contributed by atoms with Crippen molar-refractivity contribution in [3.05, 3.63) is 82.6 Å². The van der Waals surface area contributed by atoms with Crippen molar-refractivity contribution in [1.82, 2.24) is 0 Å². The van der Waals surface area contributed by atoms with Gasteiger partial charge in [0.2, 0.25) is 5.78 Å². The Morgan fingerprint density at radius 1 is 0.833 bits per heavy atom. The lowest BCUT2D eigenvalue weighted by molar-refractivity contribution is 0.0936. The number of ether oxygens (including phenoxy) is 2. The fourth-order valence-corrected chi connectivity index (χ4v) is 4.52. The summed E-state index contributed by atoms with van der Waals surface area (Å²) in [7, 11) is 0. The molecule has 0 aromatic heterocycles. The molecule has 0 spiro atoms. The summed E-state index contributed by atoms with van der Waals surface area (Å²) in [5.74, 6) is 0.0991. The molecule has 3 aromatic rings. The highest BCUT2D eigenvalue weighted by Gasteiger charge is 2.45. The molecule has 0 bridgehead atoms. The third kappa shape index (κ3) is 2.01. The van der Waals surface area contributed by atoms with E-state index in [-0.39, 0.29) is 34.4 Å². The highest BCUT2D eigenvalue weighted by Crippen LogP contribution is 2.57. The molecule has 30 heavy (non-hydrogen) atoms. The summed E-state index contributed by atoms with van der Waals surface area (Å²) in [6, 6.07) is 14.0. The van der Waals surface area contributed by atoms with Crippen molar-refractivity contribution >= 4 is 27.9 Å². The van der Waals surface area contributed by atoms with Crippen LogP contribution in [0.1, 0.15) is 40.1 Å². The number of Topliss-reactive ketones (excluding diaryl/α,β-unsaturated/α-hetero) is 2. The van der Waals surface area contributed by atoms with Crippen molar-refractivity contribution in [2.75, 3.05) is 0 Å². The summed E-state index contributed by atoms with van der Waals surface area (Å²) in [5, 5.41) is 12.2. The van der Waals surface area contributed by atoms with E-state index in [1.54, 1.807) is 30.3 Å². The first-order valence-electron chi connectivity index (χ1n) is 9.68. The number of hydrogen-bond donors (Lipinski definition) is 1. The predicted molar refractivity (Wildman–Crippen MR) is 111 cm³/mol. The standard InChI is InChI=1S/C25H16O5/c1-25(2)11-16-17-19(26)12-7-3-4-8-13(12)20(27)23(17)29-22-15-10-6-5-9-14(15)21(28)24(30-25)18(16)22/h3-11,28H,1-2H3. The zero-order chi connectivity index (χ0) is 20.8. The van der Waals surface area contributed by atoms with Gasteiger partial charge >= 0.3 is 0 Å². The largest absolute Gasteiger partial charge is 0.504 e. The summed E-state index contributed by atoms with van der Waals surface area (Å²) in [4.78, 5) is 26.7. The van der Waals surface area contributed by atoms with Crippen LogP contribution < -0.4 is 9.47 Å². The lowest BCUT2D eigenvalue weighted by Crippen LogP contribution is -2.34. The first kappa shape index (κ1) is 17.0. The van der Waals surface area contributed by atoms with Crippen molar-refractivity contribution in [1.29, 1.82) is 0 Å². The third-order valence-electron chi connectivity index (χ3n) is 5.77. The van der Waals surface area contributed by atoms with Gasteiger partial charge in [-0.25, -0.2) is 0 Å². The lowest BCUT2D eigenvalue weighted by Gasteiger charge is -2.37. The quantitative estimate of drug-likeness (QED) is 0.589. The summed E-state index contributed by atoms with van der Waals surface area (Å²) in [6.45, 7) is 3.69. The Labute approximate surface area is 171 Å². The molecule has 0 saturated heterocycles. The number of phenols is 1. The fraction of sp³-hybridized carbons (Fsp3) is 0.120. The predicted octanol–water partition coefficient (Wildman–Crippen LogP) is 4.83. The number of rotatable bonds is 0. The van der Waals surface area contributed by atoms with Gasteiger partial charge in [0, 0.05) is 27.5 Å². The third-order valence-corrected chi connectivity index (χ3v) is 5.77. The smallest absolute Gasteiger partial charge is 0.229 e. The van der Waals surface area contributed by atoms with E-state index in [4.69, 9.17) is 9.47 Å². The van der Waals surface area contributed by atoms with Crippen molar-refractivity contribution in [2.45, 2.75) is 19.4 Å². The molecule has 6 rings (SSSR count). The van der Waals surface area contributed by atoms with Crippen LogP contribution in [-0.4, -0.2) is 22.3 Å². The number of benzene rings is 3. The molecule has 0 amide bonds. The van der Waals surface area contributed by atoms with Crippen LogP contribution in [0.15, 0.2) is 65.9 Å². The van der Waals surface area contributed by atoms with E-state index >= 15 is 0 Å². The van der Waals surface area contributed by atoms with E-state index in [1.807, 2.05) is 38.1 Å². The number of ketones is 2. The highest BCUT2D eigenvalue weighted by atomic mass is 16.5. The lowest BCUT2D eigenvalue weighted by atomic mass is 9.78. The molecule has 5 nitrogen and oxygen atoms in total. The molecule has 146 valence electrons. The Hall–Kier alpha value is -3.86. The summed E-state index contributed by atoms with van der Waals surface area (Å²) >= 11 is 0. The Bertz CT molecular complexity index is 1400. The maximum absolute atomic E-state index is 13.4. The second kappa shape index (κ2) is 5.39. The van der Waals surface area contributed by atoms with E-state index < -0.39 is 5.60 Å². The number of carbonyl (C=O) groups excluding carboxylic acids is 2. The SMILES string of the molecule is CC1(C)C=C2C3=C(Oc4c2c(c(O)c2ccccc42)O1)C(=O)c1ccccc1C3=O. The molecule has 0 radical (unpaired) electrons. The minimum Gasteiger partial charge on any atom is -0.504 e. The van der Waals surface area contributed by atoms with Gasteiger partial charge in [-0.1, -0.05) is 48.5 Å². The summed E-state index contributed by atoms with van der Waals surface area (Å²) < 4.78 is 12.2. The molecule has 5 heteroatoms. The molecule has 1 N–H and O–H groups in total. The van der Waals surface area contributed by atoms with E-state index in [1.165, 1.54) is 0 Å². The number of allylic oxidation sites excluding steroid dienone is 3. The normalized spacial score (nSPS) is 18.1. The molecule has 0 saturated carbocycles. The van der Waals surface area contributed by atoms with E-state index in [0.717, 1.165) is 0 Å². The van der Waals surface area contributed by atoms with Gasteiger partial charge in [-0.15, -0.1) is 0 Å². The molecular weight excluding hydrogens is 380 g/mol. The number of phenolic OH excluding ortho intramolecular Hbond substituents is 1. The first-order valence-corrected chi connectivity index (χ1v) is 9.68. The molecule has 0 fully saturated rings. The summed E-state index contributed by atoms with van der Waals surface area (Å²) in [6.07, 6.45) is 1.82. The van der Waals surface area contributed by atoms with Gasteiger partial charge in [-0.3, -0.25) is 9.59 Å². The average Bonchev–Trinajstić information content (AvgIpc) is 2.74. The van der Waals surface area contributed by atoms with Gasteiger partial charge < -0.3 is 14.6 Å². The Morgan fingerprint density at radius 3 is 2.20 bits per heavy atom. The maximum Gasteiger partial charge on any atom is 0.229 e. The second-order valence-corrected chi connectivity index (χ2v) is 8.20. The van der Waals surface area contributed by atoms with Crippen LogP contribution in [0, 0.1) is 0 Å². The van der Waals surface area contributed by atoms with Gasteiger partial charge in [-0.05, 0) is 19.9 Å². The van der Waals surface area contributed by atoms with E-state index in [2.05, 4.69) is 0 Å². The fourth-order valence-electron chi connectivity index (χ4n) is 4.52. The Balaban J connectivity index is 1.74. The Morgan fingerprint density at radius 2 is 1.47 bits per heavy atom. The van der Waals surface area contributed by atoms with Crippen LogP contribution in [0.2, 0.25) is 0 Å². The molecule has 2 aliphatic heterocycles. The monoisotopic (exact) mass is 396 g/mol. The topological polar surface area (TPSA) is 72.8 Å².